The zero-order valence-electron chi connectivity index (χ0n) is 14.9. The Bertz CT molecular complexity index is 885. The van der Waals surface area contributed by atoms with E-state index in [2.05, 4.69) is 5.16 Å². The lowest BCUT2D eigenvalue weighted by Gasteiger charge is -2.27. The quantitative estimate of drug-likeness (QED) is 0.668. The van der Waals surface area contributed by atoms with E-state index in [9.17, 15) is 9.59 Å². The molecule has 0 fully saturated rings. The van der Waals surface area contributed by atoms with Crippen molar-refractivity contribution in [3.05, 3.63) is 46.8 Å². The van der Waals surface area contributed by atoms with Gasteiger partial charge in [-0.1, -0.05) is 31.1 Å². The second-order valence-electron chi connectivity index (χ2n) is 6.52. The Labute approximate surface area is 146 Å². The first-order chi connectivity index (χ1) is 11.8. The molecule has 0 aliphatic carbocycles. The van der Waals surface area contributed by atoms with Gasteiger partial charge in [0.25, 0.3) is 11.7 Å². The number of aromatic nitrogens is 1. The lowest BCUT2D eigenvalue weighted by Crippen LogP contribution is -2.37. The Morgan fingerprint density at radius 2 is 1.84 bits per heavy atom. The number of Topliss-reactive ketones (excluding diaryl/α,β-unsaturated/α-hetero) is 1. The zero-order chi connectivity index (χ0) is 18.4. The molecule has 1 aromatic carbocycles. The lowest BCUT2D eigenvalue weighted by atomic mass is 9.96. The first kappa shape index (κ1) is 17.1. The Balaban J connectivity index is 2.42. The van der Waals surface area contributed by atoms with Gasteiger partial charge in [0.2, 0.25) is 0 Å². The second kappa shape index (κ2) is 5.97. The van der Waals surface area contributed by atoms with Crippen molar-refractivity contribution in [2.24, 2.45) is 5.73 Å². The average molecular weight is 340 g/mol. The molecule has 0 saturated carbocycles. The van der Waals surface area contributed by atoms with Crippen LogP contribution in [0.5, 0.6) is 0 Å². The van der Waals surface area contributed by atoms with Crippen LogP contribution < -0.4 is 10.2 Å². The molecule has 1 aliphatic heterocycles. The van der Waals surface area contributed by atoms with Crippen LogP contribution in [0.15, 0.2) is 28.8 Å². The summed E-state index contributed by atoms with van der Waals surface area (Å²) in [4.78, 5) is 24.4. The minimum atomic E-state index is -0.961. The molecule has 1 aromatic heterocycles. The number of carbonyl (C=O) groups is 2. The van der Waals surface area contributed by atoms with Gasteiger partial charge in [-0.05, 0) is 12.5 Å². The van der Waals surface area contributed by atoms with E-state index < -0.39 is 11.7 Å². The predicted molar refractivity (Wildman–Crippen MR) is 96.4 cm³/mol. The smallest absolute Gasteiger partial charge is 0.290 e. The largest absolute Gasteiger partial charge is 0.363 e. The van der Waals surface area contributed by atoms with Crippen LogP contribution >= 0.6 is 0 Å². The van der Waals surface area contributed by atoms with Crippen LogP contribution in [-0.4, -0.2) is 30.9 Å². The first-order valence-corrected chi connectivity index (χ1v) is 8.35. The Morgan fingerprint density at radius 3 is 2.44 bits per heavy atom. The van der Waals surface area contributed by atoms with E-state index in [1.165, 1.54) is 0 Å². The van der Waals surface area contributed by atoms with Crippen LogP contribution in [0.4, 0.5) is 5.69 Å². The summed E-state index contributed by atoms with van der Waals surface area (Å²) in [5.74, 6) is -0.936. The number of nitrogens with zero attached hydrogens (tertiary/aromatic N) is 2. The average Bonchev–Trinajstić information content (AvgIpc) is 3.10. The summed E-state index contributed by atoms with van der Waals surface area (Å²) >= 11 is 0. The highest BCUT2D eigenvalue weighted by atomic mass is 16.5. The number of aryl methyl sites for hydroxylation is 2. The minimum absolute atomic E-state index is 0.325. The van der Waals surface area contributed by atoms with Crippen molar-refractivity contribution in [1.82, 2.24) is 9.64 Å². The lowest BCUT2D eigenvalue weighted by molar-refractivity contribution is -0.132. The van der Waals surface area contributed by atoms with E-state index in [-0.39, 0.29) is 0 Å². The van der Waals surface area contributed by atoms with Gasteiger partial charge in [0.05, 0.1) is 25.4 Å². The molecule has 2 N–H and O–H groups in total. The molecule has 2 heterocycles. The molecule has 0 spiro atoms. The Hall–Kier alpha value is -2.73. The predicted octanol–water partition coefficient (Wildman–Crippen LogP) is 2.30. The molecule has 0 radical (unpaired) electrons. The SMILES string of the molecule is CCc1noc(CC)c1C1=C(C(=O)C(N)=O)c2ccccc2[N+]1(C)C. The number of hydrogen-bond donors (Lipinski definition) is 1. The number of para-hydroxylation sites is 1. The van der Waals surface area contributed by atoms with Crippen molar-refractivity contribution in [1.29, 1.82) is 0 Å². The summed E-state index contributed by atoms with van der Waals surface area (Å²) in [7, 11) is 3.97. The van der Waals surface area contributed by atoms with E-state index in [1.54, 1.807) is 0 Å². The summed E-state index contributed by atoms with van der Waals surface area (Å²) in [6, 6.07) is 7.58. The maximum absolute atomic E-state index is 12.7. The third-order valence-electron chi connectivity index (χ3n) is 4.75. The van der Waals surface area contributed by atoms with Gasteiger partial charge in [-0.3, -0.25) is 14.1 Å². The van der Waals surface area contributed by atoms with Crippen LogP contribution in [0.25, 0.3) is 11.3 Å². The minimum Gasteiger partial charge on any atom is -0.363 e. The highest BCUT2D eigenvalue weighted by Gasteiger charge is 2.46. The van der Waals surface area contributed by atoms with Crippen molar-refractivity contribution >= 4 is 28.6 Å². The van der Waals surface area contributed by atoms with Crippen LogP contribution in [-0.2, 0) is 22.4 Å². The number of hydrogen-bond acceptors (Lipinski definition) is 4. The van der Waals surface area contributed by atoms with Crippen molar-refractivity contribution in [2.45, 2.75) is 26.7 Å². The molecular weight excluding hydrogens is 318 g/mol. The monoisotopic (exact) mass is 340 g/mol. The number of carbonyl (C=O) groups excluding carboxylic acids is 2. The third kappa shape index (κ3) is 2.41. The molecule has 6 heteroatoms. The van der Waals surface area contributed by atoms with Crippen LogP contribution in [0.1, 0.15) is 36.4 Å². The van der Waals surface area contributed by atoms with Crippen LogP contribution in [0.2, 0.25) is 0 Å². The van der Waals surface area contributed by atoms with Gasteiger partial charge in [0.15, 0.2) is 5.70 Å². The standard InChI is InChI=1S/C19H21N3O3/c1-5-12-16(14(6-2)25-21-12)17-15(18(23)19(20)24)11-9-7-8-10-13(11)22(17,3)4/h7-10H,5-6H2,1-4H3,(H-,20,24)/p+1. The zero-order valence-corrected chi connectivity index (χ0v) is 14.9. The first-order valence-electron chi connectivity index (χ1n) is 8.35. The summed E-state index contributed by atoms with van der Waals surface area (Å²) in [6.45, 7) is 3.96. The number of quaternary nitrogens is 1. The normalized spacial score (nSPS) is 15.4. The van der Waals surface area contributed by atoms with Crippen LogP contribution in [0.3, 0.4) is 0 Å². The molecule has 2 aromatic rings. The fourth-order valence-electron chi connectivity index (χ4n) is 3.57. The molecule has 0 bridgehead atoms. The number of nitrogens with two attached hydrogens (primary N) is 1. The van der Waals surface area contributed by atoms with Crippen molar-refractivity contribution < 1.29 is 14.1 Å². The van der Waals surface area contributed by atoms with Gasteiger partial charge in [-0.2, -0.15) is 0 Å². The Morgan fingerprint density at radius 1 is 1.16 bits per heavy atom. The molecule has 0 atom stereocenters. The topological polar surface area (TPSA) is 86.2 Å². The van der Waals surface area contributed by atoms with E-state index in [0.29, 0.717) is 28.7 Å². The molecule has 0 saturated heterocycles. The van der Waals surface area contributed by atoms with E-state index in [0.717, 1.165) is 28.2 Å². The molecule has 1 amide bonds. The van der Waals surface area contributed by atoms with Crippen molar-refractivity contribution in [2.75, 3.05) is 14.1 Å². The number of benzene rings is 1. The summed E-state index contributed by atoms with van der Waals surface area (Å²) in [5, 5.41) is 4.17. The number of ketones is 1. The Kier molecular flexibility index (Phi) is 4.08. The van der Waals surface area contributed by atoms with Gasteiger partial charge >= 0.3 is 0 Å². The van der Waals surface area contributed by atoms with E-state index in [4.69, 9.17) is 10.3 Å². The fraction of sp³-hybridized carbons (Fsp3) is 0.316. The van der Waals surface area contributed by atoms with E-state index >= 15 is 0 Å². The molecule has 1 aliphatic rings. The van der Waals surface area contributed by atoms with Crippen LogP contribution in [0, 0.1) is 0 Å². The van der Waals surface area contributed by atoms with Gasteiger partial charge in [-0.15, -0.1) is 0 Å². The fourth-order valence-corrected chi connectivity index (χ4v) is 3.57. The molecule has 6 nitrogen and oxygen atoms in total. The number of rotatable bonds is 5. The molecule has 3 rings (SSSR count). The number of amides is 1. The third-order valence-corrected chi connectivity index (χ3v) is 4.75. The molecule has 25 heavy (non-hydrogen) atoms. The number of primary amides is 1. The van der Waals surface area contributed by atoms with Gasteiger partial charge in [-0.25, -0.2) is 0 Å². The van der Waals surface area contributed by atoms with E-state index in [1.807, 2.05) is 52.2 Å². The second-order valence-corrected chi connectivity index (χ2v) is 6.52. The molecule has 0 unspecified atom stereocenters. The van der Waals surface area contributed by atoms with Crippen molar-refractivity contribution in [3.63, 3.8) is 0 Å². The summed E-state index contributed by atoms with van der Waals surface area (Å²) in [6.07, 6.45) is 1.30. The maximum Gasteiger partial charge on any atom is 0.290 e. The highest BCUT2D eigenvalue weighted by molar-refractivity contribution is 6.56. The summed E-state index contributed by atoms with van der Waals surface area (Å²) in [5.41, 5.74) is 9.68. The molecule has 130 valence electrons. The molecular formula is C19H22N3O3+. The maximum atomic E-state index is 12.7. The summed E-state index contributed by atoms with van der Waals surface area (Å²) < 4.78 is 5.83. The number of fused-ring (bicyclic) bond motifs is 1. The van der Waals surface area contributed by atoms with Gasteiger partial charge < -0.3 is 10.3 Å². The van der Waals surface area contributed by atoms with Gasteiger partial charge in [0.1, 0.15) is 22.6 Å². The van der Waals surface area contributed by atoms with Crippen molar-refractivity contribution in [3.8, 4) is 0 Å². The highest BCUT2D eigenvalue weighted by Crippen LogP contribution is 2.49. The van der Waals surface area contributed by atoms with Gasteiger partial charge in [0, 0.05) is 12.5 Å².